The average Bonchev–Trinajstić information content (AvgIpc) is 2.53. The van der Waals surface area contributed by atoms with E-state index < -0.39 is 5.41 Å². The number of methoxy groups -OCH3 is 2. The van der Waals surface area contributed by atoms with E-state index in [9.17, 15) is 4.79 Å². The van der Waals surface area contributed by atoms with E-state index in [1.54, 1.807) is 7.11 Å². The smallest absolute Gasteiger partial charge is 0.306 e. The van der Waals surface area contributed by atoms with E-state index in [4.69, 9.17) is 15.2 Å². The van der Waals surface area contributed by atoms with Crippen molar-refractivity contribution < 1.29 is 14.3 Å². The third-order valence-corrected chi connectivity index (χ3v) is 3.96. The van der Waals surface area contributed by atoms with Crippen molar-refractivity contribution in [3.8, 4) is 5.75 Å². The van der Waals surface area contributed by atoms with Crippen molar-refractivity contribution >= 4 is 16.7 Å². The Labute approximate surface area is 124 Å². The van der Waals surface area contributed by atoms with Crippen molar-refractivity contribution in [3.05, 3.63) is 42.0 Å². The fourth-order valence-electron chi connectivity index (χ4n) is 2.41. The molecule has 0 aliphatic carbocycles. The van der Waals surface area contributed by atoms with Gasteiger partial charge in [0.25, 0.3) is 0 Å². The molecule has 0 bridgehead atoms. The molecule has 2 aromatic carbocycles. The summed E-state index contributed by atoms with van der Waals surface area (Å²) in [6.07, 6.45) is 0.266. The first-order valence-electron chi connectivity index (χ1n) is 6.87. The van der Waals surface area contributed by atoms with Crippen LogP contribution in [0.15, 0.2) is 36.4 Å². The minimum atomic E-state index is -0.429. The topological polar surface area (TPSA) is 61.5 Å². The van der Waals surface area contributed by atoms with Gasteiger partial charge in [0.15, 0.2) is 0 Å². The second-order valence-electron chi connectivity index (χ2n) is 5.45. The molecule has 2 rings (SSSR count). The van der Waals surface area contributed by atoms with Crippen LogP contribution in [0.5, 0.6) is 5.75 Å². The Hall–Kier alpha value is -2.07. The van der Waals surface area contributed by atoms with E-state index >= 15 is 0 Å². The van der Waals surface area contributed by atoms with Crippen LogP contribution in [0.25, 0.3) is 10.8 Å². The molecule has 0 spiro atoms. The molecule has 0 aliphatic rings. The summed E-state index contributed by atoms with van der Waals surface area (Å²) in [5.74, 6) is 0.573. The number of carbonyl (C=O) groups is 1. The largest absolute Gasteiger partial charge is 0.497 e. The summed E-state index contributed by atoms with van der Waals surface area (Å²) >= 11 is 0. The molecule has 2 N–H and O–H groups in total. The summed E-state index contributed by atoms with van der Waals surface area (Å²) in [4.78, 5) is 11.6. The van der Waals surface area contributed by atoms with Crippen molar-refractivity contribution in [2.24, 2.45) is 5.73 Å². The lowest BCUT2D eigenvalue weighted by Gasteiger charge is -2.27. The van der Waals surface area contributed by atoms with Gasteiger partial charge in [-0.3, -0.25) is 4.79 Å². The predicted molar refractivity (Wildman–Crippen MR) is 83.5 cm³/mol. The zero-order chi connectivity index (χ0) is 15.5. The molecule has 0 saturated heterocycles. The van der Waals surface area contributed by atoms with Crippen molar-refractivity contribution in [2.75, 3.05) is 20.8 Å². The molecule has 1 unspecified atom stereocenters. The standard InChI is InChI=1S/C17H21NO3/c1-17(11-18,10-16(19)21-3)14-6-4-13-9-15(20-2)7-5-12(13)8-14/h4-9H,10-11,18H2,1-3H3. The third kappa shape index (κ3) is 3.16. The second kappa shape index (κ2) is 6.14. The summed E-state index contributed by atoms with van der Waals surface area (Å²) in [5, 5.41) is 2.19. The molecule has 2 aromatic rings. The van der Waals surface area contributed by atoms with Crippen molar-refractivity contribution in [2.45, 2.75) is 18.8 Å². The number of rotatable bonds is 5. The highest BCUT2D eigenvalue weighted by Gasteiger charge is 2.29. The molecule has 1 atom stereocenters. The zero-order valence-corrected chi connectivity index (χ0v) is 12.7. The molecule has 0 aliphatic heterocycles. The minimum absolute atomic E-state index is 0.252. The summed E-state index contributed by atoms with van der Waals surface area (Å²) < 4.78 is 10.0. The Morgan fingerprint density at radius 3 is 2.43 bits per heavy atom. The molecule has 21 heavy (non-hydrogen) atoms. The number of hydrogen-bond donors (Lipinski definition) is 1. The normalized spacial score (nSPS) is 13.7. The highest BCUT2D eigenvalue weighted by atomic mass is 16.5. The molecule has 0 saturated carbocycles. The predicted octanol–water partition coefficient (Wildman–Crippen LogP) is 2.63. The van der Waals surface area contributed by atoms with Gasteiger partial charge in [-0.25, -0.2) is 0 Å². The molecule has 0 fully saturated rings. The molecule has 0 aromatic heterocycles. The number of benzene rings is 2. The van der Waals surface area contributed by atoms with Gasteiger partial charge in [-0.15, -0.1) is 0 Å². The molecule has 0 amide bonds. The fourth-order valence-corrected chi connectivity index (χ4v) is 2.41. The number of carbonyl (C=O) groups excluding carboxylic acids is 1. The van der Waals surface area contributed by atoms with Gasteiger partial charge in [-0.2, -0.15) is 0 Å². The van der Waals surface area contributed by atoms with Crippen LogP contribution < -0.4 is 10.5 Å². The van der Waals surface area contributed by atoms with Crippen LogP contribution in [-0.2, 0) is 14.9 Å². The number of nitrogens with two attached hydrogens (primary N) is 1. The van der Waals surface area contributed by atoms with E-state index in [-0.39, 0.29) is 12.4 Å². The first-order valence-corrected chi connectivity index (χ1v) is 6.87. The van der Waals surface area contributed by atoms with Crippen molar-refractivity contribution in [3.63, 3.8) is 0 Å². The van der Waals surface area contributed by atoms with Gasteiger partial charge < -0.3 is 15.2 Å². The number of ether oxygens (including phenoxy) is 2. The van der Waals surface area contributed by atoms with E-state index in [2.05, 4.69) is 6.07 Å². The van der Waals surface area contributed by atoms with Crippen LogP contribution >= 0.6 is 0 Å². The maximum absolute atomic E-state index is 11.6. The summed E-state index contributed by atoms with van der Waals surface area (Å²) in [6, 6.07) is 12.0. The summed E-state index contributed by atoms with van der Waals surface area (Å²) in [7, 11) is 3.04. The Morgan fingerprint density at radius 2 is 1.81 bits per heavy atom. The minimum Gasteiger partial charge on any atom is -0.497 e. The van der Waals surface area contributed by atoms with Gasteiger partial charge in [0.1, 0.15) is 5.75 Å². The van der Waals surface area contributed by atoms with Crippen molar-refractivity contribution in [1.82, 2.24) is 0 Å². The molecule has 112 valence electrons. The Morgan fingerprint density at radius 1 is 1.14 bits per heavy atom. The first kappa shape index (κ1) is 15.3. The fraction of sp³-hybridized carbons (Fsp3) is 0.353. The average molecular weight is 287 g/mol. The Balaban J connectivity index is 2.42. The van der Waals surface area contributed by atoms with E-state index in [0.29, 0.717) is 6.54 Å². The van der Waals surface area contributed by atoms with E-state index in [0.717, 1.165) is 22.1 Å². The van der Waals surface area contributed by atoms with Gasteiger partial charge in [-0.1, -0.05) is 31.2 Å². The highest BCUT2D eigenvalue weighted by Crippen LogP contribution is 2.31. The van der Waals surface area contributed by atoms with Crippen LogP contribution in [0.2, 0.25) is 0 Å². The highest BCUT2D eigenvalue weighted by molar-refractivity contribution is 5.85. The molecule has 0 radical (unpaired) electrons. The van der Waals surface area contributed by atoms with E-state index in [1.165, 1.54) is 7.11 Å². The van der Waals surface area contributed by atoms with Crippen LogP contribution in [0.3, 0.4) is 0 Å². The monoisotopic (exact) mass is 287 g/mol. The molecular formula is C17H21NO3. The number of fused-ring (bicyclic) bond motifs is 1. The lowest BCUT2D eigenvalue weighted by atomic mass is 9.79. The summed E-state index contributed by atoms with van der Waals surface area (Å²) in [5.41, 5.74) is 6.51. The van der Waals surface area contributed by atoms with E-state index in [1.807, 2.05) is 37.3 Å². The molecule has 4 nitrogen and oxygen atoms in total. The van der Waals surface area contributed by atoms with Gasteiger partial charge in [0.05, 0.1) is 20.6 Å². The van der Waals surface area contributed by atoms with Crippen molar-refractivity contribution in [1.29, 1.82) is 0 Å². The molecule has 4 heteroatoms. The summed E-state index contributed by atoms with van der Waals surface area (Å²) in [6.45, 7) is 2.36. The lowest BCUT2D eigenvalue weighted by Crippen LogP contribution is -2.34. The number of esters is 1. The SMILES string of the molecule is COC(=O)CC(C)(CN)c1ccc2cc(OC)ccc2c1. The van der Waals surface area contributed by atoms with Crippen LogP contribution in [0.1, 0.15) is 18.9 Å². The van der Waals surface area contributed by atoms with Gasteiger partial charge in [0, 0.05) is 12.0 Å². The quantitative estimate of drug-likeness (QED) is 0.859. The third-order valence-electron chi connectivity index (χ3n) is 3.96. The lowest BCUT2D eigenvalue weighted by molar-refractivity contribution is -0.141. The Bertz CT molecular complexity index is 654. The van der Waals surface area contributed by atoms with Crippen LogP contribution in [0, 0.1) is 0 Å². The molecule has 0 heterocycles. The van der Waals surface area contributed by atoms with Crippen LogP contribution in [-0.4, -0.2) is 26.7 Å². The maximum atomic E-state index is 11.6. The maximum Gasteiger partial charge on any atom is 0.306 e. The zero-order valence-electron chi connectivity index (χ0n) is 12.7. The first-order chi connectivity index (χ1) is 10.0. The van der Waals surface area contributed by atoms with Gasteiger partial charge in [0.2, 0.25) is 0 Å². The Kier molecular flexibility index (Phi) is 4.48. The van der Waals surface area contributed by atoms with Gasteiger partial charge >= 0.3 is 5.97 Å². The molecular weight excluding hydrogens is 266 g/mol. The second-order valence-corrected chi connectivity index (χ2v) is 5.45. The van der Waals surface area contributed by atoms with Gasteiger partial charge in [-0.05, 0) is 28.5 Å². The van der Waals surface area contributed by atoms with Crippen LogP contribution in [0.4, 0.5) is 0 Å². The number of hydrogen-bond acceptors (Lipinski definition) is 4.